The number of carbonyl (C=O) groups is 1. The predicted octanol–water partition coefficient (Wildman–Crippen LogP) is 2.46. The third-order valence-corrected chi connectivity index (χ3v) is 2.67. The molecule has 0 atom stereocenters. The van der Waals surface area contributed by atoms with E-state index in [0.29, 0.717) is 0 Å². The van der Waals surface area contributed by atoms with Crippen molar-refractivity contribution in [2.45, 2.75) is 26.2 Å². The van der Waals surface area contributed by atoms with E-state index in [9.17, 15) is 4.79 Å². The first kappa shape index (κ1) is 9.26. The summed E-state index contributed by atoms with van der Waals surface area (Å²) in [5.41, 5.74) is 0. The molecule has 0 amide bonds. The minimum absolute atomic E-state index is 0.275. The Morgan fingerprint density at radius 2 is 2.33 bits per heavy atom. The Morgan fingerprint density at radius 1 is 1.58 bits per heavy atom. The number of thiophene rings is 1. The van der Waals surface area contributed by atoms with Crippen LogP contribution in [0.5, 0.6) is 0 Å². The van der Waals surface area contributed by atoms with Crippen LogP contribution in [-0.2, 0) is 11.2 Å². The fraction of sp³-hybridized carbons (Fsp3) is 0.444. The van der Waals surface area contributed by atoms with Crippen LogP contribution in [0.15, 0.2) is 12.1 Å². The van der Waals surface area contributed by atoms with Gasteiger partial charge in [0.1, 0.15) is 0 Å². The summed E-state index contributed by atoms with van der Waals surface area (Å²) in [6.45, 7) is 2.06. The molecule has 0 fully saturated rings. The van der Waals surface area contributed by atoms with Gasteiger partial charge in [0, 0.05) is 16.2 Å². The minimum Gasteiger partial charge on any atom is -0.481 e. The van der Waals surface area contributed by atoms with E-state index in [1.165, 1.54) is 9.75 Å². The van der Waals surface area contributed by atoms with Crippen molar-refractivity contribution in [2.24, 2.45) is 0 Å². The zero-order valence-electron chi connectivity index (χ0n) is 7.04. The molecular weight excluding hydrogens is 172 g/mol. The number of carboxylic acids is 1. The van der Waals surface area contributed by atoms with Gasteiger partial charge in [0.05, 0.1) is 0 Å². The maximum atomic E-state index is 10.2. The quantitative estimate of drug-likeness (QED) is 0.780. The highest BCUT2D eigenvalue weighted by Gasteiger charge is 1.99. The number of carboxylic acid groups (broad SMARTS) is 1. The molecule has 0 radical (unpaired) electrons. The molecular formula is C9H12O2S. The van der Waals surface area contributed by atoms with Crippen LogP contribution in [0, 0.1) is 6.92 Å². The van der Waals surface area contributed by atoms with Crippen LogP contribution >= 0.6 is 11.3 Å². The SMILES string of the molecule is Cc1ccc(CCCC(=O)O)s1. The van der Waals surface area contributed by atoms with E-state index in [-0.39, 0.29) is 6.42 Å². The van der Waals surface area contributed by atoms with E-state index in [0.717, 1.165) is 12.8 Å². The lowest BCUT2D eigenvalue weighted by Gasteiger charge is -1.93. The van der Waals surface area contributed by atoms with Gasteiger partial charge in [-0.15, -0.1) is 11.3 Å². The zero-order valence-corrected chi connectivity index (χ0v) is 7.86. The van der Waals surface area contributed by atoms with E-state index in [1.54, 1.807) is 11.3 Å². The highest BCUT2D eigenvalue weighted by Crippen LogP contribution is 2.16. The van der Waals surface area contributed by atoms with E-state index < -0.39 is 5.97 Å². The fourth-order valence-electron chi connectivity index (χ4n) is 1.03. The molecule has 66 valence electrons. The average Bonchev–Trinajstić information content (AvgIpc) is 2.35. The molecule has 0 aromatic carbocycles. The van der Waals surface area contributed by atoms with Gasteiger partial charge >= 0.3 is 5.97 Å². The van der Waals surface area contributed by atoms with Crippen molar-refractivity contribution in [1.29, 1.82) is 0 Å². The fourth-order valence-corrected chi connectivity index (χ4v) is 1.97. The van der Waals surface area contributed by atoms with E-state index >= 15 is 0 Å². The molecule has 0 aliphatic carbocycles. The Hall–Kier alpha value is -0.830. The van der Waals surface area contributed by atoms with Crippen LogP contribution in [0.25, 0.3) is 0 Å². The highest BCUT2D eigenvalue weighted by atomic mass is 32.1. The highest BCUT2D eigenvalue weighted by molar-refractivity contribution is 7.11. The molecule has 1 N–H and O–H groups in total. The molecule has 0 aliphatic heterocycles. The normalized spacial score (nSPS) is 10.1. The van der Waals surface area contributed by atoms with Crippen molar-refractivity contribution in [1.82, 2.24) is 0 Å². The largest absolute Gasteiger partial charge is 0.481 e. The summed E-state index contributed by atoms with van der Waals surface area (Å²) in [6, 6.07) is 4.14. The summed E-state index contributed by atoms with van der Waals surface area (Å²) >= 11 is 1.75. The zero-order chi connectivity index (χ0) is 8.97. The Morgan fingerprint density at radius 3 is 2.83 bits per heavy atom. The number of hydrogen-bond acceptors (Lipinski definition) is 2. The maximum absolute atomic E-state index is 10.2. The smallest absolute Gasteiger partial charge is 0.303 e. The summed E-state index contributed by atoms with van der Waals surface area (Å²) in [5, 5.41) is 8.40. The Labute approximate surface area is 75.9 Å². The molecule has 0 saturated carbocycles. The summed E-state index contributed by atoms with van der Waals surface area (Å²) < 4.78 is 0. The summed E-state index contributed by atoms with van der Waals surface area (Å²) in [6.07, 6.45) is 1.91. The standard InChI is InChI=1S/C9H12O2S/c1-7-5-6-8(12-7)3-2-4-9(10)11/h5-6H,2-4H2,1H3,(H,10,11). The molecule has 12 heavy (non-hydrogen) atoms. The topological polar surface area (TPSA) is 37.3 Å². The van der Waals surface area contributed by atoms with Gasteiger partial charge in [0.25, 0.3) is 0 Å². The van der Waals surface area contributed by atoms with E-state index in [1.807, 2.05) is 0 Å². The van der Waals surface area contributed by atoms with E-state index in [4.69, 9.17) is 5.11 Å². The van der Waals surface area contributed by atoms with E-state index in [2.05, 4.69) is 19.1 Å². The van der Waals surface area contributed by atoms with Crippen molar-refractivity contribution < 1.29 is 9.90 Å². The third-order valence-electron chi connectivity index (χ3n) is 1.61. The van der Waals surface area contributed by atoms with Crippen molar-refractivity contribution >= 4 is 17.3 Å². The third kappa shape index (κ3) is 3.05. The number of hydrogen-bond donors (Lipinski definition) is 1. The molecule has 0 saturated heterocycles. The Balaban J connectivity index is 2.29. The molecule has 2 nitrogen and oxygen atoms in total. The lowest BCUT2D eigenvalue weighted by molar-refractivity contribution is -0.137. The van der Waals surface area contributed by atoms with Crippen LogP contribution in [0.1, 0.15) is 22.6 Å². The average molecular weight is 184 g/mol. The first-order valence-electron chi connectivity index (χ1n) is 3.95. The lowest BCUT2D eigenvalue weighted by atomic mass is 10.2. The molecule has 0 spiro atoms. The predicted molar refractivity (Wildman–Crippen MR) is 49.6 cm³/mol. The van der Waals surface area contributed by atoms with Gasteiger partial charge in [-0.25, -0.2) is 0 Å². The van der Waals surface area contributed by atoms with Crippen LogP contribution in [0.4, 0.5) is 0 Å². The number of aryl methyl sites for hydroxylation is 2. The van der Waals surface area contributed by atoms with Gasteiger partial charge in [0.15, 0.2) is 0 Å². The molecule has 1 aromatic heterocycles. The molecule has 0 aliphatic rings. The van der Waals surface area contributed by atoms with Crippen LogP contribution in [0.3, 0.4) is 0 Å². The first-order chi connectivity index (χ1) is 5.68. The Bertz CT molecular complexity index is 265. The molecule has 1 aromatic rings. The van der Waals surface area contributed by atoms with Gasteiger partial charge < -0.3 is 5.11 Å². The first-order valence-corrected chi connectivity index (χ1v) is 4.77. The monoisotopic (exact) mass is 184 g/mol. The van der Waals surface area contributed by atoms with Gasteiger partial charge in [-0.3, -0.25) is 4.79 Å². The number of aliphatic carboxylic acids is 1. The van der Waals surface area contributed by atoms with Crippen molar-refractivity contribution in [3.63, 3.8) is 0 Å². The molecule has 1 heterocycles. The minimum atomic E-state index is -0.705. The second-order valence-corrected chi connectivity index (χ2v) is 4.13. The van der Waals surface area contributed by atoms with Gasteiger partial charge in [0.2, 0.25) is 0 Å². The van der Waals surface area contributed by atoms with Gasteiger partial charge in [-0.2, -0.15) is 0 Å². The molecule has 0 bridgehead atoms. The summed E-state index contributed by atoms with van der Waals surface area (Å²) in [5.74, 6) is -0.705. The second-order valence-electron chi connectivity index (χ2n) is 2.76. The van der Waals surface area contributed by atoms with Crippen molar-refractivity contribution in [3.05, 3.63) is 21.9 Å². The summed E-state index contributed by atoms with van der Waals surface area (Å²) in [4.78, 5) is 12.8. The number of rotatable bonds is 4. The van der Waals surface area contributed by atoms with Crippen molar-refractivity contribution in [3.8, 4) is 0 Å². The van der Waals surface area contributed by atoms with Crippen LogP contribution in [0.2, 0.25) is 0 Å². The lowest BCUT2D eigenvalue weighted by Crippen LogP contribution is -1.94. The van der Waals surface area contributed by atoms with Gasteiger partial charge in [-0.1, -0.05) is 0 Å². The molecule has 3 heteroatoms. The Kier molecular flexibility index (Phi) is 3.29. The molecule has 1 rings (SSSR count). The van der Waals surface area contributed by atoms with Crippen LogP contribution < -0.4 is 0 Å². The molecule has 0 unspecified atom stereocenters. The second kappa shape index (κ2) is 4.26. The van der Waals surface area contributed by atoms with Gasteiger partial charge in [-0.05, 0) is 31.9 Å². The van der Waals surface area contributed by atoms with Crippen molar-refractivity contribution in [2.75, 3.05) is 0 Å². The van der Waals surface area contributed by atoms with Crippen LogP contribution in [-0.4, -0.2) is 11.1 Å². The maximum Gasteiger partial charge on any atom is 0.303 e. The summed E-state index contributed by atoms with van der Waals surface area (Å²) in [7, 11) is 0.